The number of benzene rings is 2. The maximum absolute atomic E-state index is 11.0. The van der Waals surface area contributed by atoms with Crippen LogP contribution in [0, 0.1) is 0 Å². The molecule has 0 spiro atoms. The molecule has 0 aliphatic carbocycles. The van der Waals surface area contributed by atoms with Crippen molar-refractivity contribution in [2.24, 2.45) is 0 Å². The maximum atomic E-state index is 11.0. The zero-order chi connectivity index (χ0) is 14.3. The van der Waals surface area contributed by atoms with Gasteiger partial charge in [-0.2, -0.15) is 0 Å². The molecule has 2 nitrogen and oxygen atoms in total. The molecule has 0 saturated carbocycles. The van der Waals surface area contributed by atoms with Gasteiger partial charge in [-0.15, -0.1) is 0 Å². The van der Waals surface area contributed by atoms with E-state index in [1.54, 1.807) is 0 Å². The van der Waals surface area contributed by atoms with Crippen molar-refractivity contribution in [2.45, 2.75) is 43.4 Å². The van der Waals surface area contributed by atoms with Gasteiger partial charge < -0.3 is 10.4 Å². The Balaban J connectivity index is 1.62. The van der Waals surface area contributed by atoms with Crippen LogP contribution in [0.2, 0.25) is 0 Å². The zero-order valence-corrected chi connectivity index (χ0v) is 12.1. The van der Waals surface area contributed by atoms with Crippen LogP contribution in [-0.4, -0.2) is 17.2 Å². The van der Waals surface area contributed by atoms with Crippen LogP contribution >= 0.6 is 0 Å². The Morgan fingerprint density at radius 1 is 0.810 bits per heavy atom. The Labute approximate surface area is 125 Å². The first kappa shape index (κ1) is 13.1. The highest BCUT2D eigenvalue weighted by molar-refractivity contribution is 5.63. The summed E-state index contributed by atoms with van der Waals surface area (Å²) in [6.07, 6.45) is 4.09. The van der Waals surface area contributed by atoms with Crippen LogP contribution in [0.3, 0.4) is 0 Å². The zero-order valence-electron chi connectivity index (χ0n) is 12.1. The van der Waals surface area contributed by atoms with Gasteiger partial charge >= 0.3 is 0 Å². The molecular weight excluding hydrogens is 258 g/mol. The minimum Gasteiger partial charge on any atom is -0.385 e. The van der Waals surface area contributed by atoms with E-state index in [1.165, 1.54) is 24.0 Å². The van der Waals surface area contributed by atoms with Crippen molar-refractivity contribution < 1.29 is 5.11 Å². The normalized spacial score (nSPS) is 31.3. The van der Waals surface area contributed by atoms with Crippen molar-refractivity contribution in [3.63, 3.8) is 0 Å². The lowest BCUT2D eigenvalue weighted by atomic mass is 9.81. The van der Waals surface area contributed by atoms with E-state index < -0.39 is 5.60 Å². The lowest BCUT2D eigenvalue weighted by Crippen LogP contribution is -2.46. The molecule has 0 radical (unpaired) electrons. The third-order valence-corrected chi connectivity index (χ3v) is 5.03. The summed E-state index contributed by atoms with van der Waals surface area (Å²) in [5, 5.41) is 14.6. The van der Waals surface area contributed by atoms with Gasteiger partial charge in [-0.1, -0.05) is 54.6 Å². The molecule has 2 bridgehead atoms. The first-order valence-electron chi connectivity index (χ1n) is 7.87. The molecule has 2 unspecified atom stereocenters. The van der Waals surface area contributed by atoms with E-state index in [0.29, 0.717) is 12.1 Å². The summed E-state index contributed by atoms with van der Waals surface area (Å²) in [4.78, 5) is 0. The minimum absolute atomic E-state index is 0.488. The second-order valence-electron chi connectivity index (χ2n) is 6.52. The van der Waals surface area contributed by atoms with Crippen molar-refractivity contribution in [1.29, 1.82) is 0 Å². The van der Waals surface area contributed by atoms with E-state index in [2.05, 4.69) is 53.8 Å². The highest BCUT2D eigenvalue weighted by atomic mass is 16.3. The van der Waals surface area contributed by atoms with Gasteiger partial charge in [0.2, 0.25) is 0 Å². The van der Waals surface area contributed by atoms with Gasteiger partial charge in [0.15, 0.2) is 0 Å². The molecule has 21 heavy (non-hydrogen) atoms. The molecule has 2 aromatic rings. The molecule has 108 valence electrons. The van der Waals surface area contributed by atoms with Crippen LogP contribution in [0.5, 0.6) is 0 Å². The summed E-state index contributed by atoms with van der Waals surface area (Å²) < 4.78 is 0. The fraction of sp³-hybridized carbons (Fsp3) is 0.368. The van der Waals surface area contributed by atoms with Gasteiger partial charge in [0.25, 0.3) is 0 Å². The number of piperidine rings is 1. The minimum atomic E-state index is -0.647. The first-order valence-corrected chi connectivity index (χ1v) is 7.87. The van der Waals surface area contributed by atoms with Gasteiger partial charge in [0.05, 0.1) is 5.60 Å². The van der Waals surface area contributed by atoms with Gasteiger partial charge in [-0.3, -0.25) is 0 Å². The van der Waals surface area contributed by atoms with Crippen molar-refractivity contribution in [3.05, 3.63) is 60.2 Å². The topological polar surface area (TPSA) is 32.3 Å². The van der Waals surface area contributed by atoms with E-state index in [0.717, 1.165) is 18.4 Å². The predicted octanol–water partition coefficient (Wildman–Crippen LogP) is 3.46. The molecule has 2 aromatic carbocycles. The van der Waals surface area contributed by atoms with Gasteiger partial charge in [0, 0.05) is 12.1 Å². The van der Waals surface area contributed by atoms with Gasteiger partial charge in [0.1, 0.15) is 0 Å². The van der Waals surface area contributed by atoms with Crippen molar-refractivity contribution in [3.8, 4) is 11.1 Å². The molecular formula is C19H21NO. The lowest BCUT2D eigenvalue weighted by Gasteiger charge is -2.37. The van der Waals surface area contributed by atoms with E-state index in [4.69, 9.17) is 0 Å². The largest absolute Gasteiger partial charge is 0.385 e. The Kier molecular flexibility index (Phi) is 3.09. The Morgan fingerprint density at radius 3 is 2.00 bits per heavy atom. The molecule has 2 heterocycles. The summed E-state index contributed by atoms with van der Waals surface area (Å²) in [7, 11) is 0. The molecule has 2 heteroatoms. The van der Waals surface area contributed by atoms with E-state index in [9.17, 15) is 5.11 Å². The molecule has 0 amide bonds. The molecule has 2 aliphatic rings. The smallest absolute Gasteiger partial charge is 0.0926 e. The average Bonchev–Trinajstić information content (AvgIpc) is 2.88. The highest BCUT2D eigenvalue weighted by Gasteiger charge is 2.43. The SMILES string of the molecule is OC1(c2ccc(-c3ccccc3)cc2)CC2CCC(C1)N2. The molecule has 2 saturated heterocycles. The standard InChI is InChI=1S/C19H21NO/c21-19(12-17-10-11-18(13-19)20-17)16-8-6-15(7-9-16)14-4-2-1-3-5-14/h1-9,17-18,20-21H,10-13H2. The van der Waals surface area contributed by atoms with E-state index in [1.807, 2.05) is 6.07 Å². The van der Waals surface area contributed by atoms with Crippen LogP contribution in [0.25, 0.3) is 11.1 Å². The number of hydrogen-bond acceptors (Lipinski definition) is 2. The Bertz CT molecular complexity index is 608. The number of fused-ring (bicyclic) bond motifs is 2. The van der Waals surface area contributed by atoms with E-state index in [-0.39, 0.29) is 0 Å². The molecule has 2 fully saturated rings. The van der Waals surface area contributed by atoms with Crippen LogP contribution in [-0.2, 0) is 5.60 Å². The van der Waals surface area contributed by atoms with Gasteiger partial charge in [-0.25, -0.2) is 0 Å². The Hall–Kier alpha value is -1.64. The summed E-state index contributed by atoms with van der Waals surface area (Å²) >= 11 is 0. The summed E-state index contributed by atoms with van der Waals surface area (Å²) in [5.41, 5.74) is 2.86. The molecule has 2 aliphatic heterocycles. The monoisotopic (exact) mass is 279 g/mol. The number of aliphatic hydroxyl groups is 1. The maximum Gasteiger partial charge on any atom is 0.0926 e. The second kappa shape index (κ2) is 4.97. The first-order chi connectivity index (χ1) is 10.2. The van der Waals surface area contributed by atoms with Crippen molar-refractivity contribution >= 4 is 0 Å². The molecule has 2 atom stereocenters. The predicted molar refractivity (Wildman–Crippen MR) is 85.0 cm³/mol. The van der Waals surface area contributed by atoms with Crippen LogP contribution in [0.4, 0.5) is 0 Å². The third kappa shape index (κ3) is 2.39. The van der Waals surface area contributed by atoms with Crippen LogP contribution in [0.1, 0.15) is 31.2 Å². The second-order valence-corrected chi connectivity index (χ2v) is 6.52. The van der Waals surface area contributed by atoms with E-state index >= 15 is 0 Å². The number of hydrogen-bond donors (Lipinski definition) is 2. The van der Waals surface area contributed by atoms with Crippen LogP contribution in [0.15, 0.2) is 54.6 Å². The molecule has 2 N–H and O–H groups in total. The lowest BCUT2D eigenvalue weighted by molar-refractivity contribution is -0.0114. The quantitative estimate of drug-likeness (QED) is 0.882. The summed E-state index contributed by atoms with van der Waals surface area (Å²) in [5.74, 6) is 0. The van der Waals surface area contributed by atoms with Crippen molar-refractivity contribution in [1.82, 2.24) is 5.32 Å². The highest BCUT2D eigenvalue weighted by Crippen LogP contribution is 2.41. The Morgan fingerprint density at radius 2 is 1.38 bits per heavy atom. The molecule has 0 aromatic heterocycles. The van der Waals surface area contributed by atoms with Crippen LogP contribution < -0.4 is 5.32 Å². The van der Waals surface area contributed by atoms with Crippen molar-refractivity contribution in [2.75, 3.05) is 0 Å². The fourth-order valence-corrected chi connectivity index (χ4v) is 3.96. The number of rotatable bonds is 2. The third-order valence-electron chi connectivity index (χ3n) is 5.03. The van der Waals surface area contributed by atoms with Gasteiger partial charge in [-0.05, 0) is 42.4 Å². The number of nitrogens with one attached hydrogen (secondary N) is 1. The fourth-order valence-electron chi connectivity index (χ4n) is 3.96. The average molecular weight is 279 g/mol. The summed E-state index contributed by atoms with van der Waals surface area (Å²) in [6, 6.07) is 19.8. The summed E-state index contributed by atoms with van der Waals surface area (Å²) in [6.45, 7) is 0. The molecule has 4 rings (SSSR count).